The first-order valence-corrected chi connectivity index (χ1v) is 5.85. The minimum atomic E-state index is 1.02. The molecule has 0 fully saturated rings. The number of aromatic nitrogens is 3. The van der Waals surface area contributed by atoms with E-state index in [1.165, 1.54) is 16.5 Å². The summed E-state index contributed by atoms with van der Waals surface area (Å²) in [4.78, 5) is 4.64. The molecule has 16 heavy (non-hydrogen) atoms. The van der Waals surface area contributed by atoms with Crippen molar-refractivity contribution in [3.05, 3.63) is 22.5 Å². The van der Waals surface area contributed by atoms with Crippen LogP contribution in [0.5, 0.6) is 0 Å². The highest BCUT2D eigenvalue weighted by Crippen LogP contribution is 2.26. The van der Waals surface area contributed by atoms with E-state index in [0.717, 1.165) is 29.9 Å². The topological polar surface area (TPSA) is 30.7 Å². The average molecular weight is 217 g/mol. The van der Waals surface area contributed by atoms with Crippen molar-refractivity contribution >= 4 is 11.0 Å². The van der Waals surface area contributed by atoms with Gasteiger partial charge in [0, 0.05) is 18.1 Å². The van der Waals surface area contributed by atoms with Crippen LogP contribution < -0.4 is 0 Å². The zero-order chi connectivity index (χ0) is 11.9. The summed E-state index contributed by atoms with van der Waals surface area (Å²) in [7, 11) is 1.97. The monoisotopic (exact) mass is 217 g/mol. The summed E-state index contributed by atoms with van der Waals surface area (Å²) in [5.41, 5.74) is 5.99. The second-order valence-electron chi connectivity index (χ2n) is 4.46. The summed E-state index contributed by atoms with van der Waals surface area (Å²) >= 11 is 0. The lowest BCUT2D eigenvalue weighted by Gasteiger charge is -2.09. The zero-order valence-electron chi connectivity index (χ0n) is 10.8. The van der Waals surface area contributed by atoms with Crippen LogP contribution in [0.25, 0.3) is 11.0 Å². The molecule has 0 amide bonds. The molecule has 86 valence electrons. The molecule has 0 saturated carbocycles. The third-order valence-electron chi connectivity index (χ3n) is 3.26. The van der Waals surface area contributed by atoms with E-state index in [0.29, 0.717) is 0 Å². The van der Waals surface area contributed by atoms with Crippen molar-refractivity contribution in [2.24, 2.45) is 7.05 Å². The van der Waals surface area contributed by atoms with E-state index in [1.807, 2.05) is 11.7 Å². The first-order chi connectivity index (χ1) is 7.56. The van der Waals surface area contributed by atoms with Gasteiger partial charge in [0.1, 0.15) is 0 Å². The Morgan fingerprint density at radius 1 is 1.12 bits per heavy atom. The van der Waals surface area contributed by atoms with Crippen LogP contribution in [-0.4, -0.2) is 14.8 Å². The maximum Gasteiger partial charge on any atom is 0.158 e. The molecule has 0 aliphatic heterocycles. The molecule has 0 aromatic carbocycles. The summed E-state index contributed by atoms with van der Waals surface area (Å²) in [5, 5.41) is 5.73. The predicted molar refractivity (Wildman–Crippen MR) is 66.7 cm³/mol. The van der Waals surface area contributed by atoms with Crippen LogP contribution in [0.15, 0.2) is 0 Å². The molecule has 0 radical (unpaired) electrons. The zero-order valence-corrected chi connectivity index (χ0v) is 10.8. The number of aryl methyl sites for hydroxylation is 4. The van der Waals surface area contributed by atoms with Crippen molar-refractivity contribution in [1.82, 2.24) is 14.8 Å². The van der Waals surface area contributed by atoms with E-state index >= 15 is 0 Å². The van der Waals surface area contributed by atoms with Gasteiger partial charge < -0.3 is 0 Å². The Morgan fingerprint density at radius 2 is 1.81 bits per heavy atom. The standard InChI is InChI=1S/C13H19N3/c1-6-7-11-8(2)9(3)14-13-12(11)10(4)15-16(13)5/h6-7H2,1-5H3. The molecular weight excluding hydrogens is 198 g/mol. The van der Waals surface area contributed by atoms with Crippen LogP contribution in [0, 0.1) is 20.8 Å². The Morgan fingerprint density at radius 3 is 2.44 bits per heavy atom. The van der Waals surface area contributed by atoms with Crippen LogP contribution in [0.1, 0.15) is 35.9 Å². The van der Waals surface area contributed by atoms with Gasteiger partial charge in [-0.3, -0.25) is 4.68 Å². The summed E-state index contributed by atoms with van der Waals surface area (Å²) in [6, 6.07) is 0. The molecule has 2 aromatic rings. The fourth-order valence-corrected chi connectivity index (χ4v) is 2.34. The Kier molecular flexibility index (Phi) is 2.70. The molecular formula is C13H19N3. The van der Waals surface area contributed by atoms with Crippen LogP contribution >= 0.6 is 0 Å². The lowest BCUT2D eigenvalue weighted by atomic mass is 9.99. The number of hydrogen-bond donors (Lipinski definition) is 0. The molecule has 3 nitrogen and oxygen atoms in total. The third-order valence-corrected chi connectivity index (χ3v) is 3.26. The molecule has 3 heteroatoms. The van der Waals surface area contributed by atoms with Crippen molar-refractivity contribution in [2.75, 3.05) is 0 Å². The van der Waals surface area contributed by atoms with Crippen molar-refractivity contribution in [3.8, 4) is 0 Å². The second-order valence-corrected chi connectivity index (χ2v) is 4.46. The first-order valence-electron chi connectivity index (χ1n) is 5.85. The largest absolute Gasteiger partial charge is 0.250 e. The van der Waals surface area contributed by atoms with Gasteiger partial charge in [-0.2, -0.15) is 5.10 Å². The van der Waals surface area contributed by atoms with Crippen LogP contribution in [0.2, 0.25) is 0 Å². The van der Waals surface area contributed by atoms with Gasteiger partial charge >= 0.3 is 0 Å². The van der Waals surface area contributed by atoms with E-state index < -0.39 is 0 Å². The maximum absolute atomic E-state index is 4.64. The minimum absolute atomic E-state index is 1.02. The lowest BCUT2D eigenvalue weighted by molar-refractivity contribution is 0.772. The second kappa shape index (κ2) is 3.89. The molecule has 0 aliphatic rings. The molecule has 0 atom stereocenters. The lowest BCUT2D eigenvalue weighted by Crippen LogP contribution is -1.99. The Hall–Kier alpha value is -1.38. The molecule has 2 rings (SSSR count). The summed E-state index contributed by atoms with van der Waals surface area (Å²) in [5.74, 6) is 0. The molecule has 0 aliphatic carbocycles. The normalized spacial score (nSPS) is 11.3. The number of hydrogen-bond acceptors (Lipinski definition) is 2. The highest BCUT2D eigenvalue weighted by atomic mass is 15.3. The fourth-order valence-electron chi connectivity index (χ4n) is 2.34. The van der Waals surface area contributed by atoms with Gasteiger partial charge in [0.2, 0.25) is 0 Å². The molecule has 0 bridgehead atoms. The van der Waals surface area contributed by atoms with Gasteiger partial charge in [0.15, 0.2) is 5.65 Å². The quantitative estimate of drug-likeness (QED) is 0.774. The molecule has 2 aromatic heterocycles. The van der Waals surface area contributed by atoms with Gasteiger partial charge in [0.05, 0.1) is 5.69 Å². The summed E-state index contributed by atoms with van der Waals surface area (Å²) < 4.78 is 1.89. The van der Waals surface area contributed by atoms with Crippen LogP contribution in [0.4, 0.5) is 0 Å². The minimum Gasteiger partial charge on any atom is -0.250 e. The van der Waals surface area contributed by atoms with Gasteiger partial charge in [-0.1, -0.05) is 13.3 Å². The Balaban J connectivity index is 2.86. The summed E-state index contributed by atoms with van der Waals surface area (Å²) in [6.45, 7) is 8.53. The average Bonchev–Trinajstić information content (AvgIpc) is 2.49. The van der Waals surface area contributed by atoms with E-state index in [9.17, 15) is 0 Å². The highest BCUT2D eigenvalue weighted by molar-refractivity contribution is 5.83. The van der Waals surface area contributed by atoms with E-state index in [2.05, 4.69) is 37.8 Å². The number of nitrogens with zero attached hydrogens (tertiary/aromatic N) is 3. The first kappa shape index (κ1) is 11.1. The van der Waals surface area contributed by atoms with E-state index in [-0.39, 0.29) is 0 Å². The van der Waals surface area contributed by atoms with Gasteiger partial charge in [-0.15, -0.1) is 0 Å². The molecule has 0 N–H and O–H groups in total. The highest BCUT2D eigenvalue weighted by Gasteiger charge is 2.14. The van der Waals surface area contributed by atoms with Gasteiger partial charge in [0.25, 0.3) is 0 Å². The number of pyridine rings is 1. The Bertz CT molecular complexity index is 538. The maximum atomic E-state index is 4.64. The van der Waals surface area contributed by atoms with Crippen molar-refractivity contribution in [3.63, 3.8) is 0 Å². The van der Waals surface area contributed by atoms with Gasteiger partial charge in [-0.05, 0) is 38.3 Å². The van der Waals surface area contributed by atoms with Crippen molar-refractivity contribution < 1.29 is 0 Å². The molecule has 0 spiro atoms. The van der Waals surface area contributed by atoms with Gasteiger partial charge in [-0.25, -0.2) is 4.98 Å². The van der Waals surface area contributed by atoms with Crippen molar-refractivity contribution in [2.45, 2.75) is 40.5 Å². The molecule has 0 unspecified atom stereocenters. The van der Waals surface area contributed by atoms with E-state index in [4.69, 9.17) is 0 Å². The fraction of sp³-hybridized carbons (Fsp3) is 0.538. The SMILES string of the molecule is CCCc1c(C)c(C)nc2c1c(C)nn2C. The molecule has 0 saturated heterocycles. The number of rotatable bonds is 2. The van der Waals surface area contributed by atoms with Crippen LogP contribution in [-0.2, 0) is 13.5 Å². The smallest absolute Gasteiger partial charge is 0.158 e. The van der Waals surface area contributed by atoms with Crippen molar-refractivity contribution in [1.29, 1.82) is 0 Å². The number of fused-ring (bicyclic) bond motifs is 1. The molecule has 2 heterocycles. The van der Waals surface area contributed by atoms with E-state index in [1.54, 1.807) is 0 Å². The summed E-state index contributed by atoms with van der Waals surface area (Å²) in [6.07, 6.45) is 2.27. The third kappa shape index (κ3) is 1.51. The van der Waals surface area contributed by atoms with Crippen LogP contribution in [0.3, 0.4) is 0 Å². The Labute approximate surface area is 96.5 Å². The predicted octanol–water partition coefficient (Wildman–Crippen LogP) is 2.85.